The molecule has 5 heteroatoms. The van der Waals surface area contributed by atoms with E-state index >= 15 is 0 Å². The molecule has 0 spiro atoms. The monoisotopic (exact) mass is 243 g/mol. The zero-order valence-electron chi connectivity index (χ0n) is 10.9. The Hall–Kier alpha value is -1.26. The van der Waals surface area contributed by atoms with Crippen molar-refractivity contribution in [3.8, 4) is 0 Å². The van der Waals surface area contributed by atoms with Crippen LogP contribution in [0.2, 0.25) is 0 Å². The molecule has 1 saturated carbocycles. The van der Waals surface area contributed by atoms with Crippen LogP contribution in [0.3, 0.4) is 0 Å². The number of nitrogens with zero attached hydrogens (tertiary/aromatic N) is 1. The van der Waals surface area contributed by atoms with Crippen LogP contribution in [-0.2, 0) is 9.53 Å². The van der Waals surface area contributed by atoms with Crippen LogP contribution in [0.15, 0.2) is 0 Å². The Morgan fingerprint density at radius 2 is 1.88 bits per heavy atom. The van der Waals surface area contributed by atoms with Crippen molar-refractivity contribution in [2.45, 2.75) is 57.6 Å². The fraction of sp³-hybridized carbons (Fsp3) is 0.833. The zero-order chi connectivity index (χ0) is 13.3. The predicted molar refractivity (Wildman–Crippen MR) is 62.8 cm³/mol. The molecular formula is C12H21NO4. The second-order valence-electron chi connectivity index (χ2n) is 5.66. The molecule has 0 aromatic heterocycles. The first kappa shape index (κ1) is 13.8. The Morgan fingerprint density at radius 1 is 1.35 bits per heavy atom. The maximum atomic E-state index is 11.8. The number of hydrogen-bond donors (Lipinski definition) is 1. The van der Waals surface area contributed by atoms with Crippen molar-refractivity contribution in [2.75, 3.05) is 7.05 Å². The number of hydrogen-bond acceptors (Lipinski definition) is 3. The summed E-state index contributed by atoms with van der Waals surface area (Å²) in [5.74, 6) is -0.825. The largest absolute Gasteiger partial charge is 0.481 e. The number of carboxylic acid groups (broad SMARTS) is 1. The van der Waals surface area contributed by atoms with E-state index in [0.29, 0.717) is 6.42 Å². The molecule has 0 unspecified atom stereocenters. The molecule has 1 fully saturated rings. The summed E-state index contributed by atoms with van der Waals surface area (Å²) in [6.45, 7) is 5.45. The third-order valence-electron chi connectivity index (χ3n) is 3.01. The highest BCUT2D eigenvalue weighted by Gasteiger charge is 2.49. The van der Waals surface area contributed by atoms with E-state index in [1.165, 1.54) is 0 Å². The van der Waals surface area contributed by atoms with Crippen LogP contribution in [0.1, 0.15) is 46.5 Å². The Morgan fingerprint density at radius 3 is 2.24 bits per heavy atom. The van der Waals surface area contributed by atoms with Gasteiger partial charge in [-0.3, -0.25) is 4.79 Å². The molecular weight excluding hydrogens is 222 g/mol. The summed E-state index contributed by atoms with van der Waals surface area (Å²) in [5, 5.41) is 8.68. The van der Waals surface area contributed by atoms with Crippen molar-refractivity contribution < 1.29 is 19.4 Å². The van der Waals surface area contributed by atoms with Crippen molar-refractivity contribution in [1.29, 1.82) is 0 Å². The first-order valence-corrected chi connectivity index (χ1v) is 5.85. The Balaban J connectivity index is 2.54. The first-order valence-electron chi connectivity index (χ1n) is 5.85. The van der Waals surface area contributed by atoms with Gasteiger partial charge in [0.2, 0.25) is 0 Å². The van der Waals surface area contributed by atoms with Gasteiger partial charge in [0.15, 0.2) is 0 Å². The van der Waals surface area contributed by atoms with E-state index in [1.54, 1.807) is 11.9 Å². The summed E-state index contributed by atoms with van der Waals surface area (Å²) in [6, 6.07) is 0. The number of amides is 1. The van der Waals surface area contributed by atoms with Crippen LogP contribution in [0, 0.1) is 0 Å². The van der Waals surface area contributed by atoms with E-state index in [4.69, 9.17) is 9.84 Å². The van der Waals surface area contributed by atoms with Gasteiger partial charge in [0.05, 0.1) is 0 Å². The minimum atomic E-state index is -0.825. The Kier molecular flexibility index (Phi) is 3.69. The molecule has 1 N–H and O–H groups in total. The molecule has 5 nitrogen and oxygen atoms in total. The third kappa shape index (κ3) is 3.91. The second-order valence-corrected chi connectivity index (χ2v) is 5.66. The summed E-state index contributed by atoms with van der Waals surface area (Å²) in [4.78, 5) is 24.0. The number of aliphatic carboxylic acids is 1. The highest BCUT2D eigenvalue weighted by Crippen LogP contribution is 2.45. The molecule has 0 atom stereocenters. The van der Waals surface area contributed by atoms with Gasteiger partial charge < -0.3 is 14.7 Å². The van der Waals surface area contributed by atoms with E-state index in [-0.39, 0.29) is 18.1 Å². The lowest BCUT2D eigenvalue weighted by molar-refractivity contribution is -0.137. The topological polar surface area (TPSA) is 66.8 Å². The van der Waals surface area contributed by atoms with E-state index in [0.717, 1.165) is 12.8 Å². The first-order chi connectivity index (χ1) is 7.66. The fourth-order valence-corrected chi connectivity index (χ4v) is 1.76. The van der Waals surface area contributed by atoms with Gasteiger partial charge in [0.1, 0.15) is 5.60 Å². The predicted octanol–water partition coefficient (Wildman–Crippen LogP) is 2.25. The average Bonchev–Trinajstić information content (AvgIpc) is 2.91. The van der Waals surface area contributed by atoms with Gasteiger partial charge in [-0.2, -0.15) is 0 Å². The molecule has 1 aliphatic carbocycles. The highest BCUT2D eigenvalue weighted by atomic mass is 16.6. The minimum Gasteiger partial charge on any atom is -0.481 e. The van der Waals surface area contributed by atoms with Gasteiger partial charge in [-0.1, -0.05) is 0 Å². The Bertz CT molecular complexity index is 315. The zero-order valence-corrected chi connectivity index (χ0v) is 10.9. The molecule has 0 aromatic carbocycles. The van der Waals surface area contributed by atoms with Gasteiger partial charge in [0, 0.05) is 19.0 Å². The Labute approximate surface area is 102 Å². The van der Waals surface area contributed by atoms with E-state index in [2.05, 4.69) is 0 Å². The van der Waals surface area contributed by atoms with E-state index in [9.17, 15) is 9.59 Å². The molecule has 0 heterocycles. The number of ether oxygens (including phenoxy) is 1. The van der Waals surface area contributed by atoms with Crippen LogP contribution in [-0.4, -0.2) is 40.3 Å². The smallest absolute Gasteiger partial charge is 0.410 e. The lowest BCUT2D eigenvalue weighted by Crippen LogP contribution is -2.42. The summed E-state index contributed by atoms with van der Waals surface area (Å²) in [5.41, 5.74) is -0.811. The maximum absolute atomic E-state index is 11.8. The number of carbonyl (C=O) groups excluding carboxylic acids is 1. The number of carboxylic acids is 1. The molecule has 0 bridgehead atoms. The molecule has 0 aromatic rings. The van der Waals surface area contributed by atoms with Gasteiger partial charge in [0.25, 0.3) is 0 Å². The van der Waals surface area contributed by atoms with Crippen molar-refractivity contribution in [3.05, 3.63) is 0 Å². The normalized spacial score (nSPS) is 17.4. The van der Waals surface area contributed by atoms with Gasteiger partial charge >= 0.3 is 12.1 Å². The van der Waals surface area contributed by atoms with Gasteiger partial charge in [-0.25, -0.2) is 4.79 Å². The standard InChI is InChI=1S/C12H21NO4/c1-11(2,3)17-10(16)13(4)12(7-8-12)6-5-9(14)15/h5-8H2,1-4H3,(H,14,15). The van der Waals surface area contributed by atoms with Crippen LogP contribution in [0.25, 0.3) is 0 Å². The summed E-state index contributed by atoms with van der Waals surface area (Å²) in [6.07, 6.45) is 1.93. The van der Waals surface area contributed by atoms with Crippen LogP contribution in [0.4, 0.5) is 4.79 Å². The molecule has 0 radical (unpaired) electrons. The average molecular weight is 243 g/mol. The third-order valence-corrected chi connectivity index (χ3v) is 3.01. The van der Waals surface area contributed by atoms with Crippen LogP contribution < -0.4 is 0 Å². The quantitative estimate of drug-likeness (QED) is 0.822. The molecule has 1 aliphatic rings. The SMILES string of the molecule is CN(C(=O)OC(C)(C)C)C1(CCC(=O)O)CC1. The van der Waals surface area contributed by atoms with Crippen LogP contribution in [0.5, 0.6) is 0 Å². The molecule has 0 saturated heterocycles. The van der Waals surface area contributed by atoms with Crippen molar-refractivity contribution in [2.24, 2.45) is 0 Å². The van der Waals surface area contributed by atoms with E-state index < -0.39 is 11.6 Å². The van der Waals surface area contributed by atoms with Crippen molar-refractivity contribution >= 4 is 12.1 Å². The van der Waals surface area contributed by atoms with Crippen molar-refractivity contribution in [3.63, 3.8) is 0 Å². The summed E-state index contributed by atoms with van der Waals surface area (Å²) < 4.78 is 5.27. The summed E-state index contributed by atoms with van der Waals surface area (Å²) >= 11 is 0. The maximum Gasteiger partial charge on any atom is 0.410 e. The summed E-state index contributed by atoms with van der Waals surface area (Å²) in [7, 11) is 1.68. The lowest BCUT2D eigenvalue weighted by Gasteiger charge is -2.30. The fourth-order valence-electron chi connectivity index (χ4n) is 1.76. The lowest BCUT2D eigenvalue weighted by atomic mass is 10.1. The van der Waals surface area contributed by atoms with Gasteiger partial charge in [-0.05, 0) is 40.0 Å². The molecule has 1 amide bonds. The second kappa shape index (κ2) is 4.55. The van der Waals surface area contributed by atoms with Gasteiger partial charge in [-0.15, -0.1) is 0 Å². The number of rotatable bonds is 4. The van der Waals surface area contributed by atoms with Crippen molar-refractivity contribution in [1.82, 2.24) is 4.90 Å². The van der Waals surface area contributed by atoms with Crippen LogP contribution >= 0.6 is 0 Å². The molecule has 1 rings (SSSR count). The van der Waals surface area contributed by atoms with E-state index in [1.807, 2.05) is 20.8 Å². The molecule has 17 heavy (non-hydrogen) atoms. The number of carbonyl (C=O) groups is 2. The molecule has 98 valence electrons. The minimum absolute atomic E-state index is 0.0904. The molecule has 0 aliphatic heterocycles. The highest BCUT2D eigenvalue weighted by molar-refractivity contribution is 5.70.